The van der Waals surface area contributed by atoms with Gasteiger partial charge in [0, 0.05) is 44.0 Å². The Kier molecular flexibility index (Phi) is 15.2. The van der Waals surface area contributed by atoms with E-state index >= 15 is 0 Å². The number of ether oxygens (including phenoxy) is 2. The lowest BCUT2D eigenvalue weighted by Gasteiger charge is -2.60. The van der Waals surface area contributed by atoms with E-state index in [1.807, 2.05) is 24.3 Å². The van der Waals surface area contributed by atoms with E-state index in [1.165, 1.54) is 140 Å². The summed E-state index contributed by atoms with van der Waals surface area (Å²) in [6.45, 7) is 4.40. The Morgan fingerprint density at radius 2 is 0.803 bits per heavy atom. The summed E-state index contributed by atoms with van der Waals surface area (Å²) in [5.74, 6) is 2.22. The van der Waals surface area contributed by atoms with E-state index in [-0.39, 0.29) is 23.0 Å². The van der Waals surface area contributed by atoms with Gasteiger partial charge in [-0.15, -0.1) is 0 Å². The Labute approximate surface area is 396 Å². The Balaban J connectivity index is 0.848. The predicted octanol–water partition coefficient (Wildman–Crippen LogP) is 13.3. The summed E-state index contributed by atoms with van der Waals surface area (Å²) in [5, 5.41) is 20.6. The fourth-order valence-electron chi connectivity index (χ4n) is 14.3. The number of hydrogen-bond donors (Lipinski definition) is 0. The topological polar surface area (TPSA) is 107 Å². The summed E-state index contributed by atoms with van der Waals surface area (Å²) in [6.07, 6.45) is 34.2. The molecule has 0 radical (unpaired) electrons. The maximum absolute atomic E-state index is 13.9. The third-order valence-electron chi connectivity index (χ3n) is 17.2. The molecule has 8 aliphatic rings. The lowest BCUT2D eigenvalue weighted by Crippen LogP contribution is -2.61. The van der Waals surface area contributed by atoms with Crippen molar-refractivity contribution in [3.05, 3.63) is 70.8 Å². The average Bonchev–Trinajstić information content (AvgIpc) is 3.33. The molecule has 0 N–H and O–H groups in total. The number of carbonyl (C=O) groups is 2. The van der Waals surface area contributed by atoms with E-state index in [1.54, 1.807) is 12.2 Å². The van der Waals surface area contributed by atoms with E-state index in [9.17, 15) is 20.1 Å². The molecule has 66 heavy (non-hydrogen) atoms. The van der Waals surface area contributed by atoms with Crippen LogP contribution >= 0.6 is 0 Å². The molecule has 4 bridgehead atoms. The molecule has 8 aliphatic carbocycles. The molecule has 2 aromatic rings. The van der Waals surface area contributed by atoms with E-state index in [4.69, 9.17) is 9.47 Å². The molecule has 8 saturated carbocycles. The average molecular weight is 893 g/mol. The van der Waals surface area contributed by atoms with Crippen LogP contribution in [-0.4, -0.2) is 49.3 Å². The molecule has 0 heterocycles. The SMILES string of the molecule is N#CC(=Cc1ccc(N(CC2CCCCC2)CC2CCCCC2)cc1)C(=O)OC12CC3CC(C1)CC(OC(=O)C(C#N)=Cc1ccc(N(CC4CCCCC4)CC4CCCCC4)cc1)(C3)C2. The van der Waals surface area contributed by atoms with E-state index in [0.29, 0.717) is 32.1 Å². The molecule has 0 spiro atoms. The minimum atomic E-state index is -0.812. The zero-order valence-corrected chi connectivity index (χ0v) is 39.9. The maximum Gasteiger partial charge on any atom is 0.349 e. The number of benzene rings is 2. The van der Waals surface area contributed by atoms with Gasteiger partial charge < -0.3 is 19.3 Å². The van der Waals surface area contributed by atoms with Gasteiger partial charge in [0.15, 0.2) is 0 Å². The Morgan fingerprint density at radius 3 is 1.09 bits per heavy atom. The minimum Gasteiger partial charge on any atom is -0.455 e. The fourth-order valence-corrected chi connectivity index (χ4v) is 14.3. The van der Waals surface area contributed by atoms with Crippen molar-refractivity contribution < 1.29 is 19.1 Å². The first kappa shape index (κ1) is 46.5. The van der Waals surface area contributed by atoms with Crippen molar-refractivity contribution in [1.82, 2.24) is 0 Å². The van der Waals surface area contributed by atoms with Gasteiger partial charge in [0.2, 0.25) is 0 Å². The van der Waals surface area contributed by atoms with Crippen molar-refractivity contribution in [2.24, 2.45) is 35.5 Å². The number of rotatable bonds is 16. The molecule has 2 aromatic carbocycles. The molecule has 0 aromatic heterocycles. The molecule has 352 valence electrons. The summed E-state index contributed by atoms with van der Waals surface area (Å²) < 4.78 is 12.8. The van der Waals surface area contributed by atoms with Crippen LogP contribution in [0.15, 0.2) is 59.7 Å². The highest BCUT2D eigenvalue weighted by Crippen LogP contribution is 2.60. The van der Waals surface area contributed by atoms with Gasteiger partial charge in [-0.1, -0.05) is 101 Å². The summed E-state index contributed by atoms with van der Waals surface area (Å²) in [7, 11) is 0. The predicted molar refractivity (Wildman–Crippen MR) is 263 cm³/mol. The Hall–Kier alpha value is -4.56. The lowest BCUT2D eigenvalue weighted by molar-refractivity contribution is -0.227. The van der Waals surface area contributed by atoms with Crippen molar-refractivity contribution in [3.8, 4) is 12.1 Å². The van der Waals surface area contributed by atoms with Crippen molar-refractivity contribution in [1.29, 1.82) is 10.5 Å². The third-order valence-corrected chi connectivity index (χ3v) is 17.2. The molecule has 8 fully saturated rings. The Morgan fingerprint density at radius 1 is 0.500 bits per heavy atom. The van der Waals surface area contributed by atoms with Crippen LogP contribution in [0.5, 0.6) is 0 Å². The second-order valence-corrected chi connectivity index (χ2v) is 22.5. The number of nitrogens with zero attached hydrogens (tertiary/aromatic N) is 4. The first-order valence-corrected chi connectivity index (χ1v) is 26.7. The van der Waals surface area contributed by atoms with Crippen LogP contribution in [0.4, 0.5) is 11.4 Å². The molecule has 8 nitrogen and oxygen atoms in total. The second kappa shape index (κ2) is 21.6. The normalized spacial score (nSPS) is 27.7. The van der Waals surface area contributed by atoms with Crippen molar-refractivity contribution in [3.63, 3.8) is 0 Å². The fraction of sp³-hybridized carbons (Fsp3) is 0.655. The molecule has 0 atom stereocenters. The summed E-state index contributed by atoms with van der Waals surface area (Å²) in [6, 6.07) is 21.1. The third kappa shape index (κ3) is 11.8. The number of hydrogen-bond acceptors (Lipinski definition) is 8. The molecular formula is C58H76N4O4. The van der Waals surface area contributed by atoms with Gasteiger partial charge in [0.1, 0.15) is 34.5 Å². The molecule has 0 unspecified atom stereocenters. The van der Waals surface area contributed by atoms with Crippen molar-refractivity contribution in [2.45, 2.75) is 178 Å². The number of esters is 2. The smallest absolute Gasteiger partial charge is 0.349 e. The molecule has 0 saturated heterocycles. The van der Waals surface area contributed by atoms with Gasteiger partial charge in [-0.05, 0) is 167 Å². The van der Waals surface area contributed by atoms with Crippen molar-refractivity contribution in [2.75, 3.05) is 36.0 Å². The molecule has 10 rings (SSSR count). The van der Waals surface area contributed by atoms with Gasteiger partial charge in [0.25, 0.3) is 0 Å². The van der Waals surface area contributed by atoms with E-state index in [2.05, 4.69) is 46.2 Å². The van der Waals surface area contributed by atoms with Crippen LogP contribution in [0.2, 0.25) is 0 Å². The highest BCUT2D eigenvalue weighted by molar-refractivity contribution is 5.99. The van der Waals surface area contributed by atoms with Crippen molar-refractivity contribution >= 4 is 35.5 Å². The monoisotopic (exact) mass is 893 g/mol. The number of carbonyl (C=O) groups excluding carboxylic acids is 2. The van der Waals surface area contributed by atoms with Gasteiger partial charge in [-0.2, -0.15) is 10.5 Å². The first-order valence-electron chi connectivity index (χ1n) is 26.7. The van der Waals surface area contributed by atoms with Crippen LogP contribution in [0, 0.1) is 58.2 Å². The van der Waals surface area contributed by atoms with Gasteiger partial charge in [0.05, 0.1) is 0 Å². The van der Waals surface area contributed by atoms with Crippen LogP contribution in [0.1, 0.15) is 178 Å². The van der Waals surface area contributed by atoms with Crippen LogP contribution in [0.25, 0.3) is 12.2 Å². The van der Waals surface area contributed by atoms with Crippen LogP contribution < -0.4 is 9.80 Å². The summed E-state index contributed by atoms with van der Waals surface area (Å²) in [4.78, 5) is 33.1. The number of anilines is 2. The highest BCUT2D eigenvalue weighted by atomic mass is 16.6. The lowest BCUT2D eigenvalue weighted by atomic mass is 9.52. The van der Waals surface area contributed by atoms with E-state index < -0.39 is 23.1 Å². The minimum absolute atomic E-state index is 0.0161. The zero-order valence-electron chi connectivity index (χ0n) is 39.9. The molecule has 8 heteroatoms. The largest absolute Gasteiger partial charge is 0.455 e. The standard InChI is InChI=1S/C58H76N4O4/c59-36-51(30-43-21-25-53(26-22-43)61(38-45-13-5-1-6-14-45)39-46-15-7-2-8-16-46)55(63)65-57-32-49-29-50(33-57)35-58(34-49,42-57)66-56(64)52(37-60)31-44-23-27-54(28-24-44)62(40-47-17-9-3-10-18-47)41-48-19-11-4-12-20-48/h21-28,30-31,45-50H,1-20,29,32-35,38-42H2. The number of nitriles is 2. The second-order valence-electron chi connectivity index (χ2n) is 22.5. The Bertz CT molecular complexity index is 1900. The van der Waals surface area contributed by atoms with E-state index in [0.717, 1.165) is 67.4 Å². The van der Waals surface area contributed by atoms with Gasteiger partial charge in [-0.25, -0.2) is 9.59 Å². The quantitative estimate of drug-likeness (QED) is 0.0932. The van der Waals surface area contributed by atoms with Gasteiger partial charge in [-0.3, -0.25) is 0 Å². The molecule has 0 amide bonds. The first-order chi connectivity index (χ1) is 32.2. The maximum atomic E-state index is 13.9. The highest BCUT2D eigenvalue weighted by Gasteiger charge is 2.61. The summed E-state index contributed by atoms with van der Waals surface area (Å²) in [5.41, 5.74) is 2.40. The zero-order chi connectivity index (χ0) is 45.4. The molecular weight excluding hydrogens is 817 g/mol. The van der Waals surface area contributed by atoms with Crippen LogP contribution in [-0.2, 0) is 19.1 Å². The van der Waals surface area contributed by atoms with Crippen LogP contribution in [0.3, 0.4) is 0 Å². The molecule has 0 aliphatic heterocycles. The van der Waals surface area contributed by atoms with Gasteiger partial charge >= 0.3 is 11.9 Å². The summed E-state index contributed by atoms with van der Waals surface area (Å²) >= 11 is 0.